The van der Waals surface area contributed by atoms with Crippen LogP contribution in [0.1, 0.15) is 5.01 Å². The summed E-state index contributed by atoms with van der Waals surface area (Å²) in [4.78, 5) is 4.95. The number of furan rings is 1. The van der Waals surface area contributed by atoms with E-state index in [1.165, 1.54) is 24.5 Å². The van der Waals surface area contributed by atoms with E-state index < -0.39 is 6.67 Å². The van der Waals surface area contributed by atoms with Gasteiger partial charge in [-0.15, -0.1) is 0 Å². The van der Waals surface area contributed by atoms with E-state index in [-0.39, 0.29) is 12.2 Å². The van der Waals surface area contributed by atoms with Gasteiger partial charge in [-0.25, -0.2) is 4.98 Å². The number of methoxy groups -OCH3 is 1. The quantitative estimate of drug-likeness (QED) is 0.619. The predicted octanol–water partition coefficient (Wildman–Crippen LogP) is 3.43. The zero-order chi connectivity index (χ0) is 16.0. The Morgan fingerprint density at radius 2 is 2.26 bits per heavy atom. The summed E-state index contributed by atoms with van der Waals surface area (Å²) in [6, 6.07) is 4.95. The van der Waals surface area contributed by atoms with Crippen molar-refractivity contribution in [2.45, 2.75) is 6.42 Å². The smallest absolute Gasteiger partial charge is 0.212 e. The van der Waals surface area contributed by atoms with Crippen LogP contribution in [0.15, 0.2) is 28.8 Å². The van der Waals surface area contributed by atoms with Gasteiger partial charge in [-0.1, -0.05) is 11.3 Å². The zero-order valence-electron chi connectivity index (χ0n) is 12.1. The SMILES string of the molecule is COc1cc(O)c2cc(-c3cnc4sc(CCF)nn34)oc2c1. The number of hydrogen-bond acceptors (Lipinski definition) is 6. The topological polar surface area (TPSA) is 72.8 Å². The third kappa shape index (κ3) is 2.22. The van der Waals surface area contributed by atoms with E-state index >= 15 is 0 Å². The molecule has 4 aromatic rings. The first kappa shape index (κ1) is 14.0. The minimum atomic E-state index is -0.454. The van der Waals surface area contributed by atoms with Gasteiger partial charge >= 0.3 is 0 Å². The van der Waals surface area contributed by atoms with Crippen molar-refractivity contribution in [2.75, 3.05) is 13.8 Å². The van der Waals surface area contributed by atoms with Crippen molar-refractivity contribution in [3.05, 3.63) is 29.4 Å². The van der Waals surface area contributed by atoms with Crippen LogP contribution >= 0.6 is 11.3 Å². The number of aryl methyl sites for hydroxylation is 1. The summed E-state index contributed by atoms with van der Waals surface area (Å²) in [7, 11) is 1.52. The van der Waals surface area contributed by atoms with Gasteiger partial charge < -0.3 is 14.3 Å². The highest BCUT2D eigenvalue weighted by atomic mass is 32.1. The lowest BCUT2D eigenvalue weighted by Gasteiger charge is -1.99. The van der Waals surface area contributed by atoms with E-state index in [0.717, 1.165) is 0 Å². The Hall–Kier alpha value is -2.61. The van der Waals surface area contributed by atoms with Crippen LogP contribution in [0, 0.1) is 0 Å². The van der Waals surface area contributed by atoms with Crippen molar-refractivity contribution in [3.8, 4) is 23.0 Å². The first-order chi connectivity index (χ1) is 11.2. The van der Waals surface area contributed by atoms with Crippen LogP contribution in [0.2, 0.25) is 0 Å². The summed E-state index contributed by atoms with van der Waals surface area (Å²) in [6.45, 7) is -0.454. The van der Waals surface area contributed by atoms with Gasteiger partial charge in [0.15, 0.2) is 5.76 Å². The first-order valence-electron chi connectivity index (χ1n) is 6.90. The van der Waals surface area contributed by atoms with Crippen LogP contribution in [0.5, 0.6) is 11.5 Å². The Morgan fingerprint density at radius 3 is 3.04 bits per heavy atom. The van der Waals surface area contributed by atoms with Gasteiger partial charge in [0, 0.05) is 18.6 Å². The fourth-order valence-electron chi connectivity index (χ4n) is 2.42. The van der Waals surface area contributed by atoms with Crippen LogP contribution in [-0.2, 0) is 6.42 Å². The van der Waals surface area contributed by atoms with E-state index in [1.807, 2.05) is 0 Å². The van der Waals surface area contributed by atoms with Crippen molar-refractivity contribution in [1.82, 2.24) is 14.6 Å². The molecular weight excluding hydrogens is 321 g/mol. The number of halogens is 1. The number of imidazole rings is 1. The maximum atomic E-state index is 12.5. The second-order valence-electron chi connectivity index (χ2n) is 4.94. The Kier molecular flexibility index (Phi) is 3.19. The number of alkyl halides is 1. The summed E-state index contributed by atoms with van der Waals surface area (Å²) < 4.78 is 25.0. The number of benzene rings is 1. The van der Waals surface area contributed by atoms with Gasteiger partial charge in [0.05, 0.1) is 25.4 Å². The fraction of sp³-hybridized carbons (Fsp3) is 0.200. The monoisotopic (exact) mass is 333 g/mol. The molecule has 8 heteroatoms. The molecule has 0 atom stereocenters. The summed E-state index contributed by atoms with van der Waals surface area (Å²) in [5, 5.41) is 15.7. The minimum absolute atomic E-state index is 0.0755. The molecule has 0 radical (unpaired) electrons. The number of aromatic nitrogens is 3. The molecule has 3 aromatic heterocycles. The van der Waals surface area contributed by atoms with Crippen molar-refractivity contribution >= 4 is 27.3 Å². The summed E-state index contributed by atoms with van der Waals surface area (Å²) in [5.74, 6) is 1.10. The number of rotatable bonds is 4. The molecule has 0 aliphatic carbocycles. The summed E-state index contributed by atoms with van der Waals surface area (Å²) >= 11 is 1.34. The van der Waals surface area contributed by atoms with Crippen molar-refractivity contribution in [1.29, 1.82) is 0 Å². The number of hydrogen-bond donors (Lipinski definition) is 1. The Labute approximate surface area is 133 Å². The van der Waals surface area contributed by atoms with Crippen LogP contribution in [-0.4, -0.2) is 33.5 Å². The van der Waals surface area contributed by atoms with Gasteiger partial charge in [-0.3, -0.25) is 4.39 Å². The highest BCUT2D eigenvalue weighted by Crippen LogP contribution is 2.36. The molecule has 1 N–H and O–H groups in total. The molecule has 0 saturated heterocycles. The maximum Gasteiger partial charge on any atom is 0.212 e. The average Bonchev–Trinajstić information content (AvgIpc) is 3.20. The van der Waals surface area contributed by atoms with Gasteiger partial charge in [-0.05, 0) is 6.07 Å². The van der Waals surface area contributed by atoms with E-state index in [9.17, 15) is 9.50 Å². The number of fused-ring (bicyclic) bond motifs is 2. The van der Waals surface area contributed by atoms with Crippen LogP contribution < -0.4 is 4.74 Å². The molecule has 0 fully saturated rings. The molecular formula is C15H12FN3O3S. The Bertz CT molecular complexity index is 1000. The highest BCUT2D eigenvalue weighted by molar-refractivity contribution is 7.16. The molecule has 118 valence electrons. The molecule has 0 aliphatic heterocycles. The van der Waals surface area contributed by atoms with E-state index in [2.05, 4.69) is 10.1 Å². The standard InChI is InChI=1S/C15H12FN3O3S/c1-21-8-4-11(20)9-6-13(22-12(9)5-8)10-7-17-15-19(10)18-14(23-15)2-3-16/h4-7,20H,2-3H2,1H3. The third-order valence-electron chi connectivity index (χ3n) is 3.51. The number of phenolic OH excluding ortho intramolecular Hbond substituents is 1. The van der Waals surface area contributed by atoms with Crippen molar-refractivity contribution in [2.24, 2.45) is 0 Å². The van der Waals surface area contributed by atoms with Gasteiger partial charge in [0.25, 0.3) is 0 Å². The van der Waals surface area contributed by atoms with E-state index in [0.29, 0.717) is 38.1 Å². The Morgan fingerprint density at radius 1 is 1.39 bits per heavy atom. The molecule has 0 aliphatic rings. The highest BCUT2D eigenvalue weighted by Gasteiger charge is 2.17. The van der Waals surface area contributed by atoms with E-state index in [4.69, 9.17) is 9.15 Å². The normalized spacial score (nSPS) is 11.6. The summed E-state index contributed by atoms with van der Waals surface area (Å²) in [6.07, 6.45) is 1.91. The molecule has 0 unspecified atom stereocenters. The third-order valence-corrected chi connectivity index (χ3v) is 4.50. The summed E-state index contributed by atoms with van der Waals surface area (Å²) in [5.41, 5.74) is 1.15. The number of nitrogens with zero attached hydrogens (tertiary/aromatic N) is 3. The predicted molar refractivity (Wildman–Crippen MR) is 84.0 cm³/mol. The lowest BCUT2D eigenvalue weighted by Crippen LogP contribution is -1.91. The zero-order valence-corrected chi connectivity index (χ0v) is 12.9. The molecule has 0 amide bonds. The van der Waals surface area contributed by atoms with Crippen molar-refractivity contribution in [3.63, 3.8) is 0 Å². The minimum Gasteiger partial charge on any atom is -0.507 e. The average molecular weight is 333 g/mol. The van der Waals surface area contributed by atoms with Gasteiger partial charge in [0.2, 0.25) is 4.96 Å². The second kappa shape index (κ2) is 5.24. The van der Waals surface area contributed by atoms with Crippen LogP contribution in [0.4, 0.5) is 4.39 Å². The maximum absolute atomic E-state index is 12.5. The van der Waals surface area contributed by atoms with Gasteiger partial charge in [0.1, 0.15) is 27.8 Å². The molecule has 0 saturated carbocycles. The molecule has 0 spiro atoms. The molecule has 6 nitrogen and oxygen atoms in total. The lowest BCUT2D eigenvalue weighted by molar-refractivity contribution is 0.408. The number of phenols is 1. The number of aromatic hydroxyl groups is 1. The Balaban J connectivity index is 1.86. The largest absolute Gasteiger partial charge is 0.507 e. The van der Waals surface area contributed by atoms with Crippen LogP contribution in [0.3, 0.4) is 0 Å². The van der Waals surface area contributed by atoms with Gasteiger partial charge in [-0.2, -0.15) is 9.61 Å². The van der Waals surface area contributed by atoms with Crippen LogP contribution in [0.25, 0.3) is 27.4 Å². The first-order valence-corrected chi connectivity index (χ1v) is 7.71. The number of ether oxygens (including phenoxy) is 1. The molecule has 3 heterocycles. The molecule has 23 heavy (non-hydrogen) atoms. The molecule has 1 aromatic carbocycles. The fourth-order valence-corrected chi connectivity index (χ4v) is 3.27. The van der Waals surface area contributed by atoms with Crippen molar-refractivity contribution < 1.29 is 18.7 Å². The van der Waals surface area contributed by atoms with E-state index in [1.54, 1.807) is 22.8 Å². The molecule has 4 rings (SSSR count). The lowest BCUT2D eigenvalue weighted by atomic mass is 10.2. The second-order valence-corrected chi connectivity index (χ2v) is 5.98. The molecule has 0 bridgehead atoms.